The molecule has 1 rings (SSSR count). The Morgan fingerprint density at radius 2 is 2.06 bits per heavy atom. The van der Waals surface area contributed by atoms with Crippen molar-refractivity contribution in [2.45, 2.75) is 32.8 Å². The normalized spacial score (nSPS) is 12.4. The van der Waals surface area contributed by atoms with E-state index in [0.717, 1.165) is 19.1 Å². The molecule has 0 fully saturated rings. The summed E-state index contributed by atoms with van der Waals surface area (Å²) in [7, 11) is 0. The van der Waals surface area contributed by atoms with E-state index in [4.69, 9.17) is 0 Å². The van der Waals surface area contributed by atoms with Crippen LogP contribution in [0.25, 0.3) is 0 Å². The molecule has 0 saturated carbocycles. The molecule has 5 nitrogen and oxygen atoms in total. The summed E-state index contributed by atoms with van der Waals surface area (Å²) < 4.78 is 4.60. The van der Waals surface area contributed by atoms with Crippen molar-refractivity contribution in [2.24, 2.45) is 5.92 Å². The van der Waals surface area contributed by atoms with Crippen LogP contribution in [-0.2, 0) is 0 Å². The number of nitrogens with one attached hydrogen (secondary N) is 1. The average Bonchev–Trinajstić information content (AvgIpc) is 2.38. The molecular formula is C13H19NO4. The first-order valence-electron chi connectivity index (χ1n) is 6.13. The fourth-order valence-electron chi connectivity index (χ4n) is 1.79. The Morgan fingerprint density at radius 3 is 2.56 bits per heavy atom. The topological polar surface area (TPSA) is 79.5 Å². The van der Waals surface area contributed by atoms with Gasteiger partial charge in [-0.25, -0.2) is 4.79 Å². The van der Waals surface area contributed by atoms with E-state index in [1.807, 2.05) is 13.8 Å². The SMILES string of the molecule is CCC(CC)C(O)CNC(=O)c1ccc(=O)oc1. The molecular weight excluding hydrogens is 234 g/mol. The lowest BCUT2D eigenvalue weighted by atomic mass is 9.96. The highest BCUT2D eigenvalue weighted by Gasteiger charge is 2.16. The van der Waals surface area contributed by atoms with Gasteiger partial charge in [0.05, 0.1) is 11.7 Å². The van der Waals surface area contributed by atoms with E-state index < -0.39 is 11.7 Å². The molecule has 2 N–H and O–H groups in total. The lowest BCUT2D eigenvalue weighted by Crippen LogP contribution is -2.36. The molecule has 0 aromatic carbocycles. The van der Waals surface area contributed by atoms with Crippen LogP contribution < -0.4 is 10.9 Å². The van der Waals surface area contributed by atoms with E-state index in [1.54, 1.807) is 0 Å². The monoisotopic (exact) mass is 253 g/mol. The molecule has 1 heterocycles. The average molecular weight is 253 g/mol. The lowest BCUT2D eigenvalue weighted by molar-refractivity contribution is 0.0815. The molecule has 1 atom stereocenters. The van der Waals surface area contributed by atoms with E-state index in [2.05, 4.69) is 9.73 Å². The summed E-state index contributed by atoms with van der Waals surface area (Å²) in [5, 5.41) is 12.5. The van der Waals surface area contributed by atoms with Gasteiger partial charge in [0.2, 0.25) is 0 Å². The number of carbonyl (C=O) groups is 1. The Morgan fingerprint density at radius 1 is 1.39 bits per heavy atom. The summed E-state index contributed by atoms with van der Waals surface area (Å²) in [5.74, 6) is -0.178. The molecule has 0 radical (unpaired) electrons. The molecule has 18 heavy (non-hydrogen) atoms. The van der Waals surface area contributed by atoms with Gasteiger partial charge < -0.3 is 14.8 Å². The van der Waals surface area contributed by atoms with E-state index >= 15 is 0 Å². The third-order valence-corrected chi connectivity index (χ3v) is 3.03. The fourth-order valence-corrected chi connectivity index (χ4v) is 1.79. The number of hydrogen-bond acceptors (Lipinski definition) is 4. The zero-order valence-electron chi connectivity index (χ0n) is 10.7. The maximum atomic E-state index is 11.7. The van der Waals surface area contributed by atoms with Gasteiger partial charge in [0, 0.05) is 12.6 Å². The minimum Gasteiger partial charge on any atom is -0.430 e. The standard InChI is InChI=1S/C13H19NO4/c1-3-9(4-2)11(15)7-14-13(17)10-5-6-12(16)18-8-10/h5-6,8-9,11,15H,3-4,7H2,1-2H3,(H,14,17). The van der Waals surface area contributed by atoms with Crippen molar-refractivity contribution >= 4 is 5.91 Å². The Labute approximate surface area is 106 Å². The van der Waals surface area contributed by atoms with Crippen LogP contribution >= 0.6 is 0 Å². The molecule has 0 aliphatic carbocycles. The number of hydrogen-bond donors (Lipinski definition) is 2. The number of amides is 1. The molecule has 0 aliphatic heterocycles. The molecule has 1 aromatic rings. The van der Waals surface area contributed by atoms with E-state index in [0.29, 0.717) is 0 Å². The predicted octanol–water partition coefficient (Wildman–Crippen LogP) is 1.17. The van der Waals surface area contributed by atoms with E-state index in [1.165, 1.54) is 12.1 Å². The number of carbonyl (C=O) groups excluding carboxylic acids is 1. The van der Waals surface area contributed by atoms with Gasteiger partial charge in [0.1, 0.15) is 6.26 Å². The van der Waals surface area contributed by atoms with Crippen LogP contribution in [0.5, 0.6) is 0 Å². The summed E-state index contributed by atoms with van der Waals surface area (Å²) in [6.07, 6.45) is 2.29. The van der Waals surface area contributed by atoms with Crippen LogP contribution in [0.2, 0.25) is 0 Å². The molecule has 1 unspecified atom stereocenters. The predicted molar refractivity (Wildman–Crippen MR) is 67.4 cm³/mol. The van der Waals surface area contributed by atoms with Crippen molar-refractivity contribution in [1.82, 2.24) is 5.32 Å². The molecule has 1 amide bonds. The van der Waals surface area contributed by atoms with Crippen molar-refractivity contribution in [1.29, 1.82) is 0 Å². The second kappa shape index (κ2) is 6.96. The molecule has 1 aromatic heterocycles. The van der Waals surface area contributed by atoms with Crippen LogP contribution in [0.15, 0.2) is 27.6 Å². The van der Waals surface area contributed by atoms with Gasteiger partial charge in [0.15, 0.2) is 0 Å². The van der Waals surface area contributed by atoms with Crippen molar-refractivity contribution in [3.05, 3.63) is 34.4 Å². The molecule has 0 spiro atoms. The van der Waals surface area contributed by atoms with Gasteiger partial charge in [-0.3, -0.25) is 4.79 Å². The van der Waals surface area contributed by atoms with Crippen molar-refractivity contribution in [3.8, 4) is 0 Å². The number of aliphatic hydroxyl groups is 1. The van der Waals surface area contributed by atoms with Gasteiger partial charge in [0.25, 0.3) is 5.91 Å². The van der Waals surface area contributed by atoms with Crippen LogP contribution in [0.3, 0.4) is 0 Å². The number of rotatable bonds is 6. The van der Waals surface area contributed by atoms with Crippen LogP contribution in [0.1, 0.15) is 37.0 Å². The summed E-state index contributed by atoms with van der Waals surface area (Å²) in [6.45, 7) is 4.21. The van der Waals surface area contributed by atoms with Gasteiger partial charge in [-0.1, -0.05) is 26.7 Å². The van der Waals surface area contributed by atoms with Gasteiger partial charge in [-0.05, 0) is 12.0 Å². The smallest absolute Gasteiger partial charge is 0.335 e. The molecule has 0 bridgehead atoms. The zero-order chi connectivity index (χ0) is 13.5. The quantitative estimate of drug-likeness (QED) is 0.797. The molecule has 0 saturated heterocycles. The largest absolute Gasteiger partial charge is 0.430 e. The lowest BCUT2D eigenvalue weighted by Gasteiger charge is -2.20. The van der Waals surface area contributed by atoms with E-state index in [-0.39, 0.29) is 23.9 Å². The van der Waals surface area contributed by atoms with Crippen molar-refractivity contribution in [3.63, 3.8) is 0 Å². The Balaban J connectivity index is 2.51. The highest BCUT2D eigenvalue weighted by Crippen LogP contribution is 2.12. The maximum absolute atomic E-state index is 11.7. The minimum atomic E-state index is -0.556. The van der Waals surface area contributed by atoms with Crippen molar-refractivity contribution in [2.75, 3.05) is 6.54 Å². The summed E-state index contributed by atoms with van der Waals surface area (Å²) >= 11 is 0. The highest BCUT2D eigenvalue weighted by atomic mass is 16.4. The van der Waals surface area contributed by atoms with Gasteiger partial charge >= 0.3 is 5.63 Å². The summed E-state index contributed by atoms with van der Waals surface area (Å²) in [5.41, 5.74) is -0.227. The van der Waals surface area contributed by atoms with Gasteiger partial charge in [-0.2, -0.15) is 0 Å². The second-order valence-electron chi connectivity index (χ2n) is 4.20. The minimum absolute atomic E-state index is 0.180. The summed E-state index contributed by atoms with van der Waals surface area (Å²) in [4.78, 5) is 22.4. The van der Waals surface area contributed by atoms with Crippen LogP contribution in [0, 0.1) is 5.92 Å². The van der Waals surface area contributed by atoms with Crippen LogP contribution in [0.4, 0.5) is 0 Å². The molecule has 0 aliphatic rings. The first-order valence-corrected chi connectivity index (χ1v) is 6.13. The Kier molecular flexibility index (Phi) is 5.58. The maximum Gasteiger partial charge on any atom is 0.335 e. The summed E-state index contributed by atoms with van der Waals surface area (Å²) in [6, 6.07) is 2.58. The third kappa shape index (κ3) is 4.00. The Hall–Kier alpha value is -1.62. The molecule has 100 valence electrons. The highest BCUT2D eigenvalue weighted by molar-refractivity contribution is 5.93. The molecule has 5 heteroatoms. The number of aliphatic hydroxyl groups excluding tert-OH is 1. The van der Waals surface area contributed by atoms with E-state index in [9.17, 15) is 14.7 Å². The van der Waals surface area contributed by atoms with Crippen LogP contribution in [-0.4, -0.2) is 23.7 Å². The van der Waals surface area contributed by atoms with Gasteiger partial charge in [-0.15, -0.1) is 0 Å². The van der Waals surface area contributed by atoms with Crippen molar-refractivity contribution < 1.29 is 14.3 Å². The first-order chi connectivity index (χ1) is 8.58. The first kappa shape index (κ1) is 14.4. The third-order valence-electron chi connectivity index (χ3n) is 3.03. The fraction of sp³-hybridized carbons (Fsp3) is 0.538. The Bertz CT molecular complexity index is 416. The second-order valence-corrected chi connectivity index (χ2v) is 4.20. The zero-order valence-corrected chi connectivity index (χ0v) is 10.7.